The lowest BCUT2D eigenvalue weighted by Crippen LogP contribution is -2.62. The standard InChI is InChI=1S/C24H28N8O3S/c1-16-12-30(13-18-15-35-8-7-31(16)18)21-9-19(36(33,34)29-24(2)5-6-24)14-32-22(11-26-23(21)32)20-4-3-17(10-25)27-28-20/h3-4,9,11,14,16,18,29H,5-8,12-13,15H2,1-2H3/t16-,18+/m0/s1. The molecule has 0 aromatic carbocycles. The number of anilines is 1. The SMILES string of the molecule is C[C@H]1CN(c2cc(S(=O)(=O)NC3(C)CC3)cn3c(-c4ccc(C#N)nn4)cnc23)C[C@@H]2COCCN21. The predicted molar refractivity (Wildman–Crippen MR) is 132 cm³/mol. The molecular weight excluding hydrogens is 480 g/mol. The van der Waals surface area contributed by atoms with Crippen molar-refractivity contribution in [2.75, 3.05) is 37.7 Å². The van der Waals surface area contributed by atoms with Crippen molar-refractivity contribution < 1.29 is 13.2 Å². The molecular formula is C24H28N8O3S. The summed E-state index contributed by atoms with van der Waals surface area (Å²) in [4.78, 5) is 9.54. The average Bonchev–Trinajstić information content (AvgIpc) is 3.43. The molecule has 0 radical (unpaired) electrons. The van der Waals surface area contributed by atoms with E-state index in [2.05, 4.69) is 36.6 Å². The first-order chi connectivity index (χ1) is 17.3. The number of morpholine rings is 1. The lowest BCUT2D eigenvalue weighted by molar-refractivity contribution is -0.0317. The molecule has 0 spiro atoms. The number of hydrogen-bond donors (Lipinski definition) is 1. The molecule has 3 aromatic rings. The van der Waals surface area contributed by atoms with E-state index in [-0.39, 0.29) is 22.7 Å². The zero-order chi connectivity index (χ0) is 25.1. The maximum atomic E-state index is 13.5. The van der Waals surface area contributed by atoms with Crippen molar-refractivity contribution in [2.45, 2.75) is 49.2 Å². The van der Waals surface area contributed by atoms with Crippen LogP contribution in [0.5, 0.6) is 0 Å². The molecule has 0 amide bonds. The summed E-state index contributed by atoms with van der Waals surface area (Å²) in [6.45, 7) is 7.86. The van der Waals surface area contributed by atoms with Crippen molar-refractivity contribution in [2.24, 2.45) is 0 Å². The van der Waals surface area contributed by atoms with Crippen LogP contribution in [0.25, 0.3) is 17.0 Å². The maximum Gasteiger partial charge on any atom is 0.242 e. The van der Waals surface area contributed by atoms with E-state index >= 15 is 0 Å². The smallest absolute Gasteiger partial charge is 0.242 e. The summed E-state index contributed by atoms with van der Waals surface area (Å²) in [5.74, 6) is 0. The van der Waals surface area contributed by atoms with Crippen LogP contribution in [-0.4, -0.2) is 83.4 Å². The van der Waals surface area contributed by atoms with Gasteiger partial charge in [0.15, 0.2) is 11.3 Å². The quantitative estimate of drug-likeness (QED) is 0.544. The molecule has 2 aliphatic heterocycles. The number of hydrogen-bond acceptors (Lipinski definition) is 9. The number of aromatic nitrogens is 4. The summed E-state index contributed by atoms with van der Waals surface area (Å²) in [6.07, 6.45) is 4.90. The zero-order valence-electron chi connectivity index (χ0n) is 20.3. The van der Waals surface area contributed by atoms with Gasteiger partial charge in [-0.3, -0.25) is 9.30 Å². The van der Waals surface area contributed by atoms with Crippen LogP contribution in [0.15, 0.2) is 35.5 Å². The minimum atomic E-state index is -3.77. The maximum absolute atomic E-state index is 13.5. The lowest BCUT2D eigenvalue weighted by Gasteiger charge is -2.48. The van der Waals surface area contributed by atoms with Gasteiger partial charge in [0.1, 0.15) is 16.7 Å². The van der Waals surface area contributed by atoms with Crippen LogP contribution < -0.4 is 9.62 Å². The number of pyridine rings is 1. The van der Waals surface area contributed by atoms with Gasteiger partial charge in [0.2, 0.25) is 10.0 Å². The van der Waals surface area contributed by atoms with Crippen molar-refractivity contribution >= 4 is 21.4 Å². The largest absolute Gasteiger partial charge is 0.378 e. The molecule has 0 unspecified atom stereocenters. The van der Waals surface area contributed by atoms with Crippen molar-refractivity contribution in [3.63, 3.8) is 0 Å². The highest BCUT2D eigenvalue weighted by Crippen LogP contribution is 2.37. The van der Waals surface area contributed by atoms with E-state index in [1.807, 2.05) is 13.0 Å². The second-order valence-corrected chi connectivity index (χ2v) is 11.9. The van der Waals surface area contributed by atoms with Crippen LogP contribution >= 0.6 is 0 Å². The zero-order valence-corrected chi connectivity index (χ0v) is 21.1. The number of imidazole rings is 1. The first kappa shape index (κ1) is 23.3. The Labute approximate surface area is 209 Å². The molecule has 1 aliphatic carbocycles. The molecule has 12 heteroatoms. The normalized spacial score (nSPS) is 23.9. The van der Waals surface area contributed by atoms with E-state index in [1.54, 1.807) is 35.0 Å². The third kappa shape index (κ3) is 4.12. The summed E-state index contributed by atoms with van der Waals surface area (Å²) in [6, 6.07) is 7.49. The summed E-state index contributed by atoms with van der Waals surface area (Å²) in [5, 5.41) is 17.2. The van der Waals surface area contributed by atoms with Gasteiger partial charge in [-0.2, -0.15) is 5.26 Å². The Balaban J connectivity index is 1.48. The topological polar surface area (TPSA) is 129 Å². The molecule has 3 aliphatic rings. The van der Waals surface area contributed by atoms with E-state index in [4.69, 9.17) is 10.00 Å². The third-order valence-electron chi connectivity index (χ3n) is 7.39. The van der Waals surface area contributed by atoms with Crippen molar-refractivity contribution in [3.05, 3.63) is 36.3 Å². The number of rotatable bonds is 5. The van der Waals surface area contributed by atoms with Gasteiger partial charge in [-0.15, -0.1) is 10.2 Å². The number of nitrogens with one attached hydrogen (secondary N) is 1. The highest BCUT2D eigenvalue weighted by atomic mass is 32.2. The molecule has 1 saturated carbocycles. The average molecular weight is 509 g/mol. The van der Waals surface area contributed by atoms with Crippen molar-refractivity contribution in [1.82, 2.24) is 29.2 Å². The predicted octanol–water partition coefficient (Wildman–Crippen LogP) is 1.40. The fourth-order valence-electron chi connectivity index (χ4n) is 5.17. The highest BCUT2D eigenvalue weighted by molar-refractivity contribution is 7.89. The van der Waals surface area contributed by atoms with Gasteiger partial charge in [0.25, 0.3) is 0 Å². The molecule has 0 bridgehead atoms. The van der Waals surface area contributed by atoms with Crippen LogP contribution in [0.3, 0.4) is 0 Å². The summed E-state index contributed by atoms with van der Waals surface area (Å²) in [5.41, 5.74) is 2.31. The van der Waals surface area contributed by atoms with E-state index in [1.165, 1.54) is 0 Å². The molecule has 2 atom stereocenters. The van der Waals surface area contributed by atoms with E-state index in [0.717, 1.165) is 38.2 Å². The molecule has 3 fully saturated rings. The second-order valence-electron chi connectivity index (χ2n) is 10.2. The molecule has 188 valence electrons. The molecule has 6 rings (SSSR count). The van der Waals surface area contributed by atoms with E-state index in [9.17, 15) is 8.42 Å². The molecule has 2 saturated heterocycles. The van der Waals surface area contributed by atoms with E-state index < -0.39 is 15.6 Å². The first-order valence-corrected chi connectivity index (χ1v) is 13.6. The minimum Gasteiger partial charge on any atom is -0.378 e. The minimum absolute atomic E-state index is 0.175. The number of nitriles is 1. The Morgan fingerprint density at radius 3 is 2.81 bits per heavy atom. The highest BCUT2D eigenvalue weighted by Gasteiger charge is 2.42. The van der Waals surface area contributed by atoms with Crippen molar-refractivity contribution in [3.8, 4) is 17.5 Å². The Morgan fingerprint density at radius 2 is 2.08 bits per heavy atom. The van der Waals surface area contributed by atoms with Crippen LogP contribution in [0.2, 0.25) is 0 Å². The number of nitrogens with zero attached hydrogens (tertiary/aromatic N) is 7. The van der Waals surface area contributed by atoms with Crippen LogP contribution in [-0.2, 0) is 14.8 Å². The van der Waals surface area contributed by atoms with Gasteiger partial charge < -0.3 is 9.64 Å². The summed E-state index contributed by atoms with van der Waals surface area (Å²) >= 11 is 0. The molecule has 3 aromatic heterocycles. The van der Waals surface area contributed by atoms with Crippen LogP contribution in [0.4, 0.5) is 5.69 Å². The fourth-order valence-corrected chi connectivity index (χ4v) is 6.65. The Morgan fingerprint density at radius 1 is 1.25 bits per heavy atom. The van der Waals surface area contributed by atoms with Gasteiger partial charge in [0, 0.05) is 37.4 Å². The van der Waals surface area contributed by atoms with Crippen LogP contribution in [0.1, 0.15) is 32.4 Å². The van der Waals surface area contributed by atoms with Crippen LogP contribution in [0, 0.1) is 11.3 Å². The summed E-state index contributed by atoms with van der Waals surface area (Å²) in [7, 11) is -3.77. The molecule has 1 N–H and O–H groups in total. The Bertz CT molecular complexity index is 1460. The van der Waals surface area contributed by atoms with Crippen molar-refractivity contribution in [1.29, 1.82) is 5.26 Å². The number of fused-ring (bicyclic) bond motifs is 2. The second kappa shape index (κ2) is 8.48. The van der Waals surface area contributed by atoms with Gasteiger partial charge in [0.05, 0.1) is 36.8 Å². The van der Waals surface area contributed by atoms with Gasteiger partial charge in [-0.05, 0) is 44.9 Å². The Hall–Kier alpha value is -3.11. The monoisotopic (exact) mass is 508 g/mol. The molecule has 5 heterocycles. The number of sulfonamides is 1. The summed E-state index contributed by atoms with van der Waals surface area (Å²) < 4.78 is 37.3. The third-order valence-corrected chi connectivity index (χ3v) is 8.99. The van der Waals surface area contributed by atoms with E-state index in [0.29, 0.717) is 30.2 Å². The number of piperazine rings is 1. The first-order valence-electron chi connectivity index (χ1n) is 12.1. The van der Waals surface area contributed by atoms with Gasteiger partial charge in [-0.1, -0.05) is 0 Å². The molecule has 11 nitrogen and oxygen atoms in total. The van der Waals surface area contributed by atoms with Gasteiger partial charge in [-0.25, -0.2) is 18.1 Å². The number of ether oxygens (including phenoxy) is 1. The van der Waals surface area contributed by atoms with Gasteiger partial charge >= 0.3 is 0 Å². The fraction of sp³-hybridized carbons (Fsp3) is 0.500. The lowest BCUT2D eigenvalue weighted by atomic mass is 10.1. The molecule has 36 heavy (non-hydrogen) atoms. The Kier molecular flexibility index (Phi) is 5.49.